The Kier molecular flexibility index (Phi) is 4.52. The number of nitrogens with zero attached hydrogens (tertiary/aromatic N) is 4. The Labute approximate surface area is 122 Å². The molecule has 0 aliphatic rings. The summed E-state index contributed by atoms with van der Waals surface area (Å²) in [6.07, 6.45) is 1.53. The van der Waals surface area contributed by atoms with Gasteiger partial charge in [0.15, 0.2) is 5.82 Å². The lowest BCUT2D eigenvalue weighted by atomic mass is 10.2. The van der Waals surface area contributed by atoms with Crippen LogP contribution in [0.4, 0.5) is 0 Å². The lowest BCUT2D eigenvalue weighted by Gasteiger charge is -2.15. The van der Waals surface area contributed by atoms with Crippen molar-refractivity contribution in [3.63, 3.8) is 0 Å². The van der Waals surface area contributed by atoms with Gasteiger partial charge < -0.3 is 14.2 Å². The van der Waals surface area contributed by atoms with Gasteiger partial charge in [-0.2, -0.15) is 4.98 Å². The van der Waals surface area contributed by atoms with Gasteiger partial charge >= 0.3 is 0 Å². The molecule has 0 atom stereocenters. The van der Waals surface area contributed by atoms with E-state index in [2.05, 4.69) is 15.1 Å². The van der Waals surface area contributed by atoms with Gasteiger partial charge in [-0.05, 0) is 6.07 Å². The predicted molar refractivity (Wildman–Crippen MR) is 75.0 cm³/mol. The Bertz CT molecular complexity index is 624. The lowest BCUT2D eigenvalue weighted by molar-refractivity contribution is 0.0780. The first-order valence-corrected chi connectivity index (χ1v) is 6.59. The Morgan fingerprint density at radius 3 is 2.86 bits per heavy atom. The molecule has 0 aliphatic carbocycles. The fraction of sp³-hybridized carbons (Fsp3) is 0.429. The molecule has 112 valence electrons. The van der Waals surface area contributed by atoms with Crippen LogP contribution in [0.25, 0.3) is 0 Å². The number of rotatable bonds is 5. The summed E-state index contributed by atoms with van der Waals surface area (Å²) in [4.78, 5) is 22.1. The van der Waals surface area contributed by atoms with E-state index in [4.69, 9.17) is 9.26 Å². The molecule has 0 fully saturated rings. The molecular formula is C14H18N4O3. The van der Waals surface area contributed by atoms with Crippen LogP contribution in [0, 0.1) is 0 Å². The van der Waals surface area contributed by atoms with Crippen LogP contribution in [0.2, 0.25) is 0 Å². The van der Waals surface area contributed by atoms with Crippen LogP contribution in [0.1, 0.15) is 41.8 Å². The van der Waals surface area contributed by atoms with Gasteiger partial charge in [0.1, 0.15) is 0 Å². The molecule has 2 aromatic heterocycles. The van der Waals surface area contributed by atoms with E-state index in [9.17, 15) is 4.79 Å². The zero-order chi connectivity index (χ0) is 15.4. The van der Waals surface area contributed by atoms with E-state index in [1.807, 2.05) is 13.8 Å². The predicted octanol–water partition coefficient (Wildman–Crippen LogP) is 1.87. The Balaban J connectivity index is 2.07. The van der Waals surface area contributed by atoms with Crippen LogP contribution >= 0.6 is 0 Å². The van der Waals surface area contributed by atoms with Gasteiger partial charge in [-0.25, -0.2) is 4.98 Å². The van der Waals surface area contributed by atoms with E-state index in [-0.39, 0.29) is 18.4 Å². The number of carbonyl (C=O) groups is 1. The van der Waals surface area contributed by atoms with E-state index in [0.717, 1.165) is 0 Å². The maximum atomic E-state index is 12.3. The quantitative estimate of drug-likeness (QED) is 0.836. The van der Waals surface area contributed by atoms with Crippen molar-refractivity contribution in [2.45, 2.75) is 26.3 Å². The summed E-state index contributed by atoms with van der Waals surface area (Å²) in [5, 5.41) is 3.87. The molecule has 1 amide bonds. The zero-order valence-electron chi connectivity index (χ0n) is 12.5. The molecule has 0 aliphatic heterocycles. The standard InChI is InChI=1S/C14H18N4O3/c1-9(2)13-16-11(17-21-13)8-18(3)14(19)10-5-6-15-12(7-10)20-4/h5-7,9H,8H2,1-4H3. The summed E-state index contributed by atoms with van der Waals surface area (Å²) in [5.74, 6) is 1.45. The third-order valence-electron chi connectivity index (χ3n) is 2.89. The topological polar surface area (TPSA) is 81.4 Å². The molecule has 2 heterocycles. The van der Waals surface area contributed by atoms with Crippen LogP contribution in [0.3, 0.4) is 0 Å². The maximum Gasteiger partial charge on any atom is 0.254 e. The average Bonchev–Trinajstić information content (AvgIpc) is 2.95. The van der Waals surface area contributed by atoms with Gasteiger partial charge in [0.2, 0.25) is 11.8 Å². The van der Waals surface area contributed by atoms with E-state index < -0.39 is 0 Å². The molecule has 21 heavy (non-hydrogen) atoms. The number of amides is 1. The summed E-state index contributed by atoms with van der Waals surface area (Å²) < 4.78 is 10.1. The molecule has 0 radical (unpaired) electrons. The van der Waals surface area contributed by atoms with Gasteiger partial charge in [-0.15, -0.1) is 0 Å². The zero-order valence-corrected chi connectivity index (χ0v) is 12.5. The summed E-state index contributed by atoms with van der Waals surface area (Å²) >= 11 is 0. The van der Waals surface area contributed by atoms with Gasteiger partial charge in [0.25, 0.3) is 5.91 Å². The summed E-state index contributed by atoms with van der Waals surface area (Å²) in [6, 6.07) is 3.23. The smallest absolute Gasteiger partial charge is 0.254 e. The number of methoxy groups -OCH3 is 1. The summed E-state index contributed by atoms with van der Waals surface area (Å²) in [6.45, 7) is 4.21. The van der Waals surface area contributed by atoms with Crippen molar-refractivity contribution in [2.24, 2.45) is 0 Å². The molecule has 2 rings (SSSR count). The highest BCUT2D eigenvalue weighted by Crippen LogP contribution is 2.14. The fourth-order valence-corrected chi connectivity index (χ4v) is 1.72. The molecule has 0 unspecified atom stereocenters. The van der Waals surface area contributed by atoms with Crippen LogP contribution in [0.15, 0.2) is 22.9 Å². The van der Waals surface area contributed by atoms with E-state index in [0.29, 0.717) is 23.2 Å². The van der Waals surface area contributed by atoms with Crippen molar-refractivity contribution in [3.05, 3.63) is 35.6 Å². The first-order chi connectivity index (χ1) is 10.0. The molecule has 7 nitrogen and oxygen atoms in total. The van der Waals surface area contributed by atoms with Crippen molar-refractivity contribution < 1.29 is 14.1 Å². The SMILES string of the molecule is COc1cc(C(=O)N(C)Cc2noc(C(C)C)n2)ccn1. The molecular weight excluding hydrogens is 272 g/mol. The van der Waals surface area contributed by atoms with Crippen LogP contribution in [-0.2, 0) is 6.54 Å². The van der Waals surface area contributed by atoms with Gasteiger partial charge in [-0.1, -0.05) is 19.0 Å². The summed E-state index contributed by atoms with van der Waals surface area (Å²) in [7, 11) is 3.19. The Morgan fingerprint density at radius 1 is 1.48 bits per heavy atom. The first kappa shape index (κ1) is 15.0. The number of carbonyl (C=O) groups excluding carboxylic acids is 1. The summed E-state index contributed by atoms with van der Waals surface area (Å²) in [5.41, 5.74) is 0.497. The van der Waals surface area contributed by atoms with Crippen molar-refractivity contribution in [2.75, 3.05) is 14.2 Å². The van der Waals surface area contributed by atoms with Crippen molar-refractivity contribution >= 4 is 5.91 Å². The molecule has 0 N–H and O–H groups in total. The monoisotopic (exact) mass is 290 g/mol. The molecule has 0 spiro atoms. The third-order valence-corrected chi connectivity index (χ3v) is 2.89. The van der Waals surface area contributed by atoms with E-state index in [1.165, 1.54) is 18.2 Å². The fourth-order valence-electron chi connectivity index (χ4n) is 1.72. The number of aromatic nitrogens is 3. The largest absolute Gasteiger partial charge is 0.481 e. The van der Waals surface area contributed by atoms with Crippen LogP contribution < -0.4 is 4.74 Å². The normalized spacial score (nSPS) is 10.7. The maximum absolute atomic E-state index is 12.3. The molecule has 0 aromatic carbocycles. The highest BCUT2D eigenvalue weighted by atomic mass is 16.5. The second-order valence-corrected chi connectivity index (χ2v) is 4.95. The minimum atomic E-state index is -0.161. The Hall–Kier alpha value is -2.44. The molecule has 0 saturated carbocycles. The van der Waals surface area contributed by atoms with E-state index >= 15 is 0 Å². The van der Waals surface area contributed by atoms with Crippen molar-refractivity contribution in [1.29, 1.82) is 0 Å². The van der Waals surface area contributed by atoms with E-state index in [1.54, 1.807) is 19.2 Å². The van der Waals surface area contributed by atoms with Crippen LogP contribution in [0.5, 0.6) is 5.88 Å². The highest BCUT2D eigenvalue weighted by molar-refractivity contribution is 5.94. The average molecular weight is 290 g/mol. The van der Waals surface area contributed by atoms with Gasteiger partial charge in [0.05, 0.1) is 13.7 Å². The molecule has 0 bridgehead atoms. The molecule has 7 heteroatoms. The van der Waals surface area contributed by atoms with Gasteiger partial charge in [-0.3, -0.25) is 4.79 Å². The van der Waals surface area contributed by atoms with Crippen molar-refractivity contribution in [1.82, 2.24) is 20.0 Å². The first-order valence-electron chi connectivity index (χ1n) is 6.59. The minimum Gasteiger partial charge on any atom is -0.481 e. The number of hydrogen-bond donors (Lipinski definition) is 0. The Morgan fingerprint density at radius 2 is 2.24 bits per heavy atom. The third kappa shape index (κ3) is 3.56. The number of ether oxygens (including phenoxy) is 1. The van der Waals surface area contributed by atoms with Gasteiger partial charge in [0, 0.05) is 30.8 Å². The number of hydrogen-bond acceptors (Lipinski definition) is 6. The number of pyridine rings is 1. The second-order valence-electron chi connectivity index (χ2n) is 4.95. The van der Waals surface area contributed by atoms with Crippen LogP contribution in [-0.4, -0.2) is 40.1 Å². The molecule has 2 aromatic rings. The second kappa shape index (κ2) is 6.34. The lowest BCUT2D eigenvalue weighted by Crippen LogP contribution is -2.26. The minimum absolute atomic E-state index is 0.161. The molecule has 0 saturated heterocycles. The highest BCUT2D eigenvalue weighted by Gasteiger charge is 2.17. The van der Waals surface area contributed by atoms with Crippen molar-refractivity contribution in [3.8, 4) is 5.88 Å².